The predicted molar refractivity (Wildman–Crippen MR) is 116 cm³/mol. The van der Waals surface area contributed by atoms with Crippen LogP contribution in [0, 0.1) is 0 Å². The molecule has 0 radical (unpaired) electrons. The van der Waals surface area contributed by atoms with E-state index in [1.165, 1.54) is 10.4 Å². The van der Waals surface area contributed by atoms with E-state index < -0.39 is 10.0 Å². The van der Waals surface area contributed by atoms with E-state index >= 15 is 0 Å². The van der Waals surface area contributed by atoms with Crippen LogP contribution in [0.15, 0.2) is 47.4 Å². The number of hydrogen-bond donors (Lipinski definition) is 1. The van der Waals surface area contributed by atoms with E-state index in [-0.39, 0.29) is 17.2 Å². The molecule has 8 heteroatoms. The predicted octanol–water partition coefficient (Wildman–Crippen LogP) is 2.97. The van der Waals surface area contributed by atoms with Crippen LogP contribution in [0.1, 0.15) is 19.4 Å². The van der Waals surface area contributed by atoms with Gasteiger partial charge >= 0.3 is 0 Å². The van der Waals surface area contributed by atoms with Crippen molar-refractivity contribution >= 4 is 27.3 Å². The fourth-order valence-electron chi connectivity index (χ4n) is 3.00. The third kappa shape index (κ3) is 5.48. The fourth-order valence-corrected chi connectivity index (χ4v) is 4.49. The highest BCUT2D eigenvalue weighted by molar-refractivity contribution is 7.89. The molecule has 1 amide bonds. The molecule has 2 rings (SSSR count). The summed E-state index contributed by atoms with van der Waals surface area (Å²) in [7, 11) is 1.65. The minimum Gasteiger partial charge on any atom is -0.497 e. The molecule has 0 unspecified atom stereocenters. The number of hydrogen-bond acceptors (Lipinski definition) is 5. The molecule has 2 aromatic carbocycles. The highest BCUT2D eigenvalue weighted by Crippen LogP contribution is 2.29. The molecule has 0 saturated heterocycles. The number of carbonyl (C=O) groups excluding carboxylic acids is 1. The van der Waals surface area contributed by atoms with E-state index in [0.29, 0.717) is 18.8 Å². The van der Waals surface area contributed by atoms with Crippen LogP contribution in [-0.2, 0) is 21.2 Å². The maximum Gasteiger partial charge on any atom is 0.243 e. The number of anilines is 2. The van der Waals surface area contributed by atoms with Gasteiger partial charge in [-0.25, -0.2) is 8.42 Å². The zero-order chi connectivity index (χ0) is 21.6. The first kappa shape index (κ1) is 22.7. The molecule has 0 saturated carbocycles. The normalized spacial score (nSPS) is 11.4. The van der Waals surface area contributed by atoms with Crippen molar-refractivity contribution in [3.05, 3.63) is 48.0 Å². The second-order valence-electron chi connectivity index (χ2n) is 6.74. The molecule has 0 atom stereocenters. The highest BCUT2D eigenvalue weighted by atomic mass is 32.2. The summed E-state index contributed by atoms with van der Waals surface area (Å²) in [5, 5.41) is 2.86. The Balaban J connectivity index is 2.30. The molecular weight excluding hydrogens is 390 g/mol. The lowest BCUT2D eigenvalue weighted by Gasteiger charge is -2.22. The third-order valence-corrected chi connectivity index (χ3v) is 6.64. The van der Waals surface area contributed by atoms with Crippen molar-refractivity contribution in [2.45, 2.75) is 25.2 Å². The van der Waals surface area contributed by atoms with Crippen LogP contribution < -0.4 is 15.0 Å². The van der Waals surface area contributed by atoms with Gasteiger partial charge in [-0.3, -0.25) is 4.79 Å². The minimum atomic E-state index is -3.62. The summed E-state index contributed by atoms with van der Waals surface area (Å²) in [6.07, 6.45) is 0.171. The zero-order valence-corrected chi connectivity index (χ0v) is 18.4. The third-order valence-electron chi connectivity index (χ3n) is 4.59. The average molecular weight is 420 g/mol. The molecule has 0 fully saturated rings. The molecule has 29 heavy (non-hydrogen) atoms. The van der Waals surface area contributed by atoms with Crippen molar-refractivity contribution in [2.24, 2.45) is 0 Å². The smallest absolute Gasteiger partial charge is 0.243 e. The lowest BCUT2D eigenvalue weighted by Crippen LogP contribution is -2.30. The van der Waals surface area contributed by atoms with Crippen LogP contribution in [0.2, 0.25) is 0 Å². The Morgan fingerprint density at radius 3 is 2.17 bits per heavy atom. The van der Waals surface area contributed by atoms with Gasteiger partial charge in [-0.05, 0) is 35.9 Å². The van der Waals surface area contributed by atoms with E-state index in [9.17, 15) is 13.2 Å². The summed E-state index contributed by atoms with van der Waals surface area (Å²) < 4.78 is 32.2. The number of ether oxygens (including phenoxy) is 1. The van der Waals surface area contributed by atoms with Crippen molar-refractivity contribution in [1.29, 1.82) is 0 Å². The molecule has 0 spiro atoms. The van der Waals surface area contributed by atoms with Crippen LogP contribution in [0.5, 0.6) is 5.75 Å². The molecule has 0 heterocycles. The summed E-state index contributed by atoms with van der Waals surface area (Å²) in [6.45, 7) is 4.36. The zero-order valence-electron chi connectivity index (χ0n) is 17.6. The first-order chi connectivity index (χ1) is 13.7. The maximum absolute atomic E-state index is 12.9. The van der Waals surface area contributed by atoms with Gasteiger partial charge in [0, 0.05) is 27.2 Å². The van der Waals surface area contributed by atoms with Crippen LogP contribution in [0.25, 0.3) is 0 Å². The first-order valence-electron chi connectivity index (χ1n) is 9.47. The fraction of sp³-hybridized carbons (Fsp3) is 0.381. The molecule has 2 aromatic rings. The van der Waals surface area contributed by atoms with Crippen molar-refractivity contribution in [1.82, 2.24) is 4.31 Å². The van der Waals surface area contributed by atoms with Gasteiger partial charge in [0.05, 0.1) is 29.8 Å². The van der Waals surface area contributed by atoms with Crippen molar-refractivity contribution < 1.29 is 17.9 Å². The van der Waals surface area contributed by atoms with Gasteiger partial charge in [-0.15, -0.1) is 0 Å². The Bertz CT molecular complexity index is 937. The number of carbonyl (C=O) groups is 1. The van der Waals surface area contributed by atoms with E-state index in [4.69, 9.17) is 4.74 Å². The van der Waals surface area contributed by atoms with E-state index in [0.717, 1.165) is 17.0 Å². The Labute approximate surface area is 173 Å². The summed E-state index contributed by atoms with van der Waals surface area (Å²) in [5.41, 5.74) is 2.02. The lowest BCUT2D eigenvalue weighted by molar-refractivity contribution is -0.115. The van der Waals surface area contributed by atoms with Gasteiger partial charge in [0.15, 0.2) is 0 Å². The first-order valence-corrected chi connectivity index (χ1v) is 10.9. The number of benzene rings is 2. The van der Waals surface area contributed by atoms with Gasteiger partial charge in [0.1, 0.15) is 5.75 Å². The summed E-state index contributed by atoms with van der Waals surface area (Å²) in [5.74, 6) is 0.494. The van der Waals surface area contributed by atoms with Crippen LogP contribution in [-0.4, -0.2) is 52.9 Å². The largest absolute Gasteiger partial charge is 0.497 e. The molecule has 0 aliphatic heterocycles. The van der Waals surface area contributed by atoms with Crippen molar-refractivity contribution in [3.8, 4) is 5.75 Å². The second kappa shape index (κ2) is 9.76. The van der Waals surface area contributed by atoms with Crippen molar-refractivity contribution in [2.75, 3.05) is 44.5 Å². The summed E-state index contributed by atoms with van der Waals surface area (Å²) in [6, 6.07) is 12.0. The number of sulfonamides is 1. The summed E-state index contributed by atoms with van der Waals surface area (Å²) in [4.78, 5) is 14.6. The van der Waals surface area contributed by atoms with Gasteiger partial charge in [-0.1, -0.05) is 26.0 Å². The Morgan fingerprint density at radius 2 is 1.66 bits per heavy atom. The Hall–Kier alpha value is -2.58. The molecule has 158 valence electrons. The van der Waals surface area contributed by atoms with Crippen molar-refractivity contribution in [3.63, 3.8) is 0 Å². The topological polar surface area (TPSA) is 79.0 Å². The molecule has 0 bridgehead atoms. The molecule has 0 aliphatic carbocycles. The standard InChI is InChI=1S/C21H29N3O4S/c1-6-24(7-2)29(26,27)18-12-13-20(23(3)4)19(15-18)22-21(25)14-16-8-10-17(28-5)11-9-16/h8-13,15H,6-7,14H2,1-5H3,(H,22,25). The molecular formula is C21H29N3O4S. The Morgan fingerprint density at radius 1 is 1.03 bits per heavy atom. The number of methoxy groups -OCH3 is 1. The van der Waals surface area contributed by atoms with Gasteiger partial charge in [0.2, 0.25) is 15.9 Å². The van der Waals surface area contributed by atoms with Gasteiger partial charge in [0.25, 0.3) is 0 Å². The quantitative estimate of drug-likeness (QED) is 0.676. The maximum atomic E-state index is 12.9. The molecule has 7 nitrogen and oxygen atoms in total. The summed E-state index contributed by atoms with van der Waals surface area (Å²) >= 11 is 0. The van der Waals surface area contributed by atoms with Crippen LogP contribution in [0.3, 0.4) is 0 Å². The van der Waals surface area contributed by atoms with Crippen LogP contribution >= 0.6 is 0 Å². The number of nitrogens with one attached hydrogen (secondary N) is 1. The minimum absolute atomic E-state index is 0.159. The number of rotatable bonds is 9. The number of nitrogens with zero attached hydrogens (tertiary/aromatic N) is 2. The lowest BCUT2D eigenvalue weighted by atomic mass is 10.1. The molecule has 1 N–H and O–H groups in total. The van der Waals surface area contributed by atoms with E-state index in [1.54, 1.807) is 45.2 Å². The monoisotopic (exact) mass is 419 g/mol. The van der Waals surface area contributed by atoms with Gasteiger partial charge in [-0.2, -0.15) is 4.31 Å². The van der Waals surface area contributed by atoms with Crippen LogP contribution in [0.4, 0.5) is 11.4 Å². The second-order valence-corrected chi connectivity index (χ2v) is 8.67. The Kier molecular flexibility index (Phi) is 7.64. The van der Waals surface area contributed by atoms with E-state index in [1.807, 2.05) is 31.1 Å². The van der Waals surface area contributed by atoms with Gasteiger partial charge < -0.3 is 15.0 Å². The molecule has 0 aliphatic rings. The highest BCUT2D eigenvalue weighted by Gasteiger charge is 2.23. The SMILES string of the molecule is CCN(CC)S(=O)(=O)c1ccc(N(C)C)c(NC(=O)Cc2ccc(OC)cc2)c1. The number of amides is 1. The van der Waals surface area contributed by atoms with E-state index in [2.05, 4.69) is 5.32 Å². The molecule has 0 aromatic heterocycles. The average Bonchev–Trinajstić information content (AvgIpc) is 2.69.